The summed E-state index contributed by atoms with van der Waals surface area (Å²) in [6.45, 7) is 6.68. The topological polar surface area (TPSA) is 9.23 Å². The summed E-state index contributed by atoms with van der Waals surface area (Å²) in [5.74, 6) is 1.03. The molecule has 0 amide bonds. The van der Waals surface area contributed by atoms with Crippen molar-refractivity contribution in [2.24, 2.45) is 0 Å². The van der Waals surface area contributed by atoms with Gasteiger partial charge in [0.2, 0.25) is 0 Å². The van der Waals surface area contributed by atoms with Gasteiger partial charge >= 0.3 is 0 Å². The second-order valence-corrected chi connectivity index (χ2v) is 3.49. The van der Waals surface area contributed by atoms with Crippen molar-refractivity contribution in [2.45, 2.75) is 19.8 Å². The maximum absolute atomic E-state index is 5.58. The zero-order chi connectivity index (χ0) is 9.26. The molecule has 0 aromatic carbocycles. The van der Waals surface area contributed by atoms with Gasteiger partial charge in [0.05, 0.1) is 0 Å². The molecule has 0 radical (unpaired) electrons. The van der Waals surface area contributed by atoms with Crippen LogP contribution >= 0.6 is 0 Å². The summed E-state index contributed by atoms with van der Waals surface area (Å²) in [6.07, 6.45) is 8.84. The van der Waals surface area contributed by atoms with Crippen molar-refractivity contribution in [1.29, 1.82) is 0 Å². The van der Waals surface area contributed by atoms with E-state index in [9.17, 15) is 0 Å². The van der Waals surface area contributed by atoms with Gasteiger partial charge in [0.25, 0.3) is 0 Å². The first kappa shape index (κ1) is 8.36. The molecule has 1 aliphatic heterocycles. The Labute approximate surface area is 79.1 Å². The highest BCUT2D eigenvalue weighted by atomic mass is 16.5. The highest BCUT2D eigenvalue weighted by molar-refractivity contribution is 5.48. The van der Waals surface area contributed by atoms with Gasteiger partial charge in [-0.1, -0.05) is 24.8 Å². The predicted molar refractivity (Wildman–Crippen MR) is 54.2 cm³/mol. The van der Waals surface area contributed by atoms with E-state index in [4.69, 9.17) is 4.74 Å². The summed E-state index contributed by atoms with van der Waals surface area (Å²) in [7, 11) is 0. The normalized spacial score (nSPS) is 21.9. The van der Waals surface area contributed by atoms with E-state index in [-0.39, 0.29) is 0 Å². The minimum absolute atomic E-state index is 0.659. The van der Waals surface area contributed by atoms with E-state index in [2.05, 4.69) is 31.7 Å². The molecule has 1 nitrogen and oxygen atoms in total. The molecule has 0 bridgehead atoms. The zero-order valence-electron chi connectivity index (χ0n) is 7.97. The number of rotatable bonds is 1. The van der Waals surface area contributed by atoms with Gasteiger partial charge in [-0.15, -0.1) is 0 Å². The fraction of sp³-hybridized carbons (Fsp3) is 0.333. The summed E-state index contributed by atoms with van der Waals surface area (Å²) in [6, 6.07) is 0. The van der Waals surface area contributed by atoms with Crippen LogP contribution in [0.25, 0.3) is 0 Å². The van der Waals surface area contributed by atoms with Gasteiger partial charge in [-0.2, -0.15) is 0 Å². The zero-order valence-corrected chi connectivity index (χ0v) is 7.97. The summed E-state index contributed by atoms with van der Waals surface area (Å²) >= 11 is 0. The number of hydrogen-bond donors (Lipinski definition) is 0. The molecule has 1 aliphatic carbocycles. The number of hydrogen-bond acceptors (Lipinski definition) is 1. The van der Waals surface area contributed by atoms with Gasteiger partial charge in [-0.25, -0.2) is 0 Å². The predicted octanol–water partition coefficient (Wildman–Crippen LogP) is 3.12. The lowest BCUT2D eigenvalue weighted by Crippen LogP contribution is -1.92. The second kappa shape index (κ2) is 3.25. The van der Waals surface area contributed by atoms with Crippen LogP contribution in [-0.2, 0) is 4.74 Å². The molecule has 0 N–H and O–H groups in total. The molecule has 0 saturated carbocycles. The minimum Gasteiger partial charge on any atom is -0.488 e. The average Bonchev–Trinajstić information content (AvgIpc) is 2.49. The highest BCUT2D eigenvalue weighted by Gasteiger charge is 2.18. The first-order chi connectivity index (χ1) is 6.29. The smallest absolute Gasteiger partial charge is 0.129 e. The molecule has 2 rings (SSSR count). The third kappa shape index (κ3) is 1.46. The van der Waals surface area contributed by atoms with E-state index in [0.29, 0.717) is 6.61 Å². The first-order valence-electron chi connectivity index (χ1n) is 4.68. The first-order valence-corrected chi connectivity index (χ1v) is 4.68. The van der Waals surface area contributed by atoms with Crippen molar-refractivity contribution in [3.63, 3.8) is 0 Å². The molecule has 0 spiro atoms. The van der Waals surface area contributed by atoms with Gasteiger partial charge in [-0.05, 0) is 30.9 Å². The maximum atomic E-state index is 5.58. The van der Waals surface area contributed by atoms with Crippen LogP contribution in [-0.4, -0.2) is 6.61 Å². The molecule has 0 aromatic rings. The molecule has 0 aromatic heterocycles. The molecule has 1 heteroatoms. The lowest BCUT2D eigenvalue weighted by Gasteiger charge is -2.08. The fourth-order valence-electron chi connectivity index (χ4n) is 1.62. The molecule has 1 heterocycles. The van der Waals surface area contributed by atoms with Gasteiger partial charge in [0.15, 0.2) is 0 Å². The van der Waals surface area contributed by atoms with E-state index in [0.717, 1.165) is 24.2 Å². The van der Waals surface area contributed by atoms with Crippen LogP contribution in [0, 0.1) is 0 Å². The molecule has 68 valence electrons. The number of ether oxygens (including phenoxy) is 1. The van der Waals surface area contributed by atoms with Crippen LogP contribution in [0.1, 0.15) is 19.8 Å². The second-order valence-electron chi connectivity index (χ2n) is 3.49. The van der Waals surface area contributed by atoms with E-state index >= 15 is 0 Å². The van der Waals surface area contributed by atoms with Gasteiger partial charge in [0.1, 0.15) is 12.4 Å². The van der Waals surface area contributed by atoms with E-state index < -0.39 is 0 Å². The Balaban J connectivity index is 2.31. The summed E-state index contributed by atoms with van der Waals surface area (Å²) in [4.78, 5) is 0. The van der Waals surface area contributed by atoms with Crippen molar-refractivity contribution in [1.82, 2.24) is 0 Å². The van der Waals surface area contributed by atoms with Crippen molar-refractivity contribution < 1.29 is 4.74 Å². The Hall–Kier alpha value is -1.24. The molecule has 0 saturated heterocycles. The quantitative estimate of drug-likeness (QED) is 0.593. The maximum Gasteiger partial charge on any atom is 0.129 e. The standard InChI is InChI=1S/C12H14O/c1-9-8-13-12(10(9)2)11-6-4-3-5-7-11/h4,6-7H,1,3,5,8H2,2H3. The molecule has 2 aliphatic rings. The van der Waals surface area contributed by atoms with Gasteiger partial charge < -0.3 is 4.74 Å². The number of allylic oxidation sites excluding steroid dienone is 3. The Morgan fingerprint density at radius 1 is 1.38 bits per heavy atom. The van der Waals surface area contributed by atoms with Crippen LogP contribution < -0.4 is 0 Å². The van der Waals surface area contributed by atoms with Crippen LogP contribution in [0.2, 0.25) is 0 Å². The van der Waals surface area contributed by atoms with Crippen LogP contribution in [0.4, 0.5) is 0 Å². The van der Waals surface area contributed by atoms with Crippen molar-refractivity contribution in [3.05, 3.63) is 47.3 Å². The SMILES string of the molecule is C=C1COC(C2=CCCC=C2)=C1C. The van der Waals surface area contributed by atoms with Crippen LogP contribution in [0.3, 0.4) is 0 Å². The van der Waals surface area contributed by atoms with E-state index in [1.54, 1.807) is 0 Å². The fourth-order valence-corrected chi connectivity index (χ4v) is 1.62. The Morgan fingerprint density at radius 2 is 2.23 bits per heavy atom. The van der Waals surface area contributed by atoms with Crippen LogP contribution in [0.15, 0.2) is 47.3 Å². The molecule has 0 atom stereocenters. The molecular weight excluding hydrogens is 160 g/mol. The average molecular weight is 174 g/mol. The summed E-state index contributed by atoms with van der Waals surface area (Å²) < 4.78 is 5.58. The minimum atomic E-state index is 0.659. The lowest BCUT2D eigenvalue weighted by molar-refractivity contribution is 0.270. The van der Waals surface area contributed by atoms with Gasteiger partial charge in [0, 0.05) is 5.57 Å². The summed E-state index contributed by atoms with van der Waals surface area (Å²) in [5, 5.41) is 0. The molecular formula is C12H14O. The third-order valence-corrected chi connectivity index (χ3v) is 2.52. The van der Waals surface area contributed by atoms with Gasteiger partial charge in [-0.3, -0.25) is 0 Å². The van der Waals surface area contributed by atoms with E-state index in [1.165, 1.54) is 11.1 Å². The lowest BCUT2D eigenvalue weighted by atomic mass is 10.0. The highest BCUT2D eigenvalue weighted by Crippen LogP contribution is 2.30. The molecule has 0 fully saturated rings. The van der Waals surface area contributed by atoms with Crippen molar-refractivity contribution >= 4 is 0 Å². The van der Waals surface area contributed by atoms with E-state index in [1.807, 2.05) is 0 Å². The molecule has 0 unspecified atom stereocenters. The Bertz CT molecular complexity index is 329. The van der Waals surface area contributed by atoms with Crippen LogP contribution in [0.5, 0.6) is 0 Å². The Morgan fingerprint density at radius 3 is 2.77 bits per heavy atom. The molecule has 13 heavy (non-hydrogen) atoms. The largest absolute Gasteiger partial charge is 0.488 e. The Kier molecular flexibility index (Phi) is 2.09. The summed E-state index contributed by atoms with van der Waals surface area (Å²) in [5.41, 5.74) is 3.54. The monoisotopic (exact) mass is 174 g/mol. The third-order valence-electron chi connectivity index (χ3n) is 2.52. The van der Waals surface area contributed by atoms with Crippen molar-refractivity contribution in [3.8, 4) is 0 Å². The van der Waals surface area contributed by atoms with Crippen molar-refractivity contribution in [2.75, 3.05) is 6.61 Å².